The number of benzene rings is 1. The van der Waals surface area contributed by atoms with Crippen LogP contribution in [0.4, 0.5) is 22.0 Å². The fourth-order valence-corrected chi connectivity index (χ4v) is 5.61. The molecule has 1 saturated heterocycles. The van der Waals surface area contributed by atoms with Gasteiger partial charge in [0, 0.05) is 37.0 Å². The molecule has 1 aromatic carbocycles. The van der Waals surface area contributed by atoms with Gasteiger partial charge in [0.05, 0.1) is 21.3 Å². The molecule has 206 valence electrons. The van der Waals surface area contributed by atoms with E-state index in [0.717, 1.165) is 23.3 Å². The van der Waals surface area contributed by atoms with Crippen LogP contribution in [0.1, 0.15) is 53.1 Å². The molecule has 1 atom stereocenters. The summed E-state index contributed by atoms with van der Waals surface area (Å²) in [7, 11) is 0. The van der Waals surface area contributed by atoms with Gasteiger partial charge in [-0.3, -0.25) is 4.79 Å². The van der Waals surface area contributed by atoms with Gasteiger partial charge in [0.15, 0.2) is 12.7 Å². The summed E-state index contributed by atoms with van der Waals surface area (Å²) >= 11 is 7.03. The SMILES string of the molecule is O=C(COc1ncc(Cl)cc1C(F)(F)F)N1CCC(c2nc(C3=NOC(c4c(F)cccc4F)C3)cs2)CC1. The zero-order valence-electron chi connectivity index (χ0n) is 20.1. The molecule has 4 heterocycles. The summed E-state index contributed by atoms with van der Waals surface area (Å²) in [4.78, 5) is 27.6. The molecule has 2 aliphatic rings. The van der Waals surface area contributed by atoms with Gasteiger partial charge in [-0.15, -0.1) is 11.3 Å². The number of likely N-dealkylation sites (tertiary alicyclic amines) is 1. The molecule has 0 bridgehead atoms. The summed E-state index contributed by atoms with van der Waals surface area (Å²) < 4.78 is 73.0. The maximum atomic E-state index is 14.1. The Bertz CT molecular complexity index is 1390. The van der Waals surface area contributed by atoms with Crippen molar-refractivity contribution in [3.05, 3.63) is 74.3 Å². The van der Waals surface area contributed by atoms with Gasteiger partial charge in [-0.1, -0.05) is 22.8 Å². The number of aromatic nitrogens is 2. The van der Waals surface area contributed by atoms with E-state index in [2.05, 4.69) is 15.1 Å². The summed E-state index contributed by atoms with van der Waals surface area (Å²) in [5, 5.41) is 6.43. The largest absolute Gasteiger partial charge is 0.467 e. The lowest BCUT2D eigenvalue weighted by atomic mass is 9.97. The van der Waals surface area contributed by atoms with E-state index in [1.165, 1.54) is 22.3 Å². The van der Waals surface area contributed by atoms with Crippen molar-refractivity contribution in [3.63, 3.8) is 0 Å². The van der Waals surface area contributed by atoms with Gasteiger partial charge < -0.3 is 14.5 Å². The molecule has 0 radical (unpaired) electrons. The minimum atomic E-state index is -4.73. The highest BCUT2D eigenvalue weighted by atomic mass is 35.5. The van der Waals surface area contributed by atoms with Crippen molar-refractivity contribution in [2.24, 2.45) is 5.16 Å². The first-order valence-electron chi connectivity index (χ1n) is 11.9. The van der Waals surface area contributed by atoms with Gasteiger partial charge in [0.2, 0.25) is 5.88 Å². The van der Waals surface area contributed by atoms with E-state index in [0.29, 0.717) is 43.4 Å². The molecular weight excluding hydrogens is 567 g/mol. The van der Waals surface area contributed by atoms with Crippen molar-refractivity contribution < 1.29 is 36.3 Å². The first-order chi connectivity index (χ1) is 18.6. The van der Waals surface area contributed by atoms with Crippen LogP contribution >= 0.6 is 22.9 Å². The monoisotopic (exact) mass is 586 g/mol. The normalized spacial score (nSPS) is 18.2. The van der Waals surface area contributed by atoms with Crippen LogP contribution in [-0.2, 0) is 15.8 Å². The van der Waals surface area contributed by atoms with Gasteiger partial charge >= 0.3 is 6.18 Å². The van der Waals surface area contributed by atoms with E-state index in [9.17, 15) is 26.7 Å². The Hall–Kier alpha value is -3.32. The number of pyridine rings is 1. The zero-order chi connectivity index (χ0) is 27.7. The number of oxime groups is 1. The van der Waals surface area contributed by atoms with Crippen molar-refractivity contribution in [3.8, 4) is 5.88 Å². The van der Waals surface area contributed by atoms with Crippen LogP contribution in [-0.4, -0.2) is 46.2 Å². The number of amides is 1. The number of hydrogen-bond acceptors (Lipinski definition) is 7. The average molecular weight is 587 g/mol. The third-order valence-electron chi connectivity index (χ3n) is 6.46. The fourth-order valence-electron chi connectivity index (χ4n) is 4.45. The van der Waals surface area contributed by atoms with Gasteiger partial charge in [-0.05, 0) is 31.0 Å². The maximum Gasteiger partial charge on any atom is 0.421 e. The predicted octanol–water partition coefficient (Wildman–Crippen LogP) is 6.14. The van der Waals surface area contributed by atoms with Crippen molar-refractivity contribution in [1.82, 2.24) is 14.9 Å². The van der Waals surface area contributed by atoms with E-state index >= 15 is 0 Å². The number of carbonyl (C=O) groups excluding carboxylic acids is 1. The van der Waals surface area contributed by atoms with E-state index in [1.54, 1.807) is 5.38 Å². The van der Waals surface area contributed by atoms with E-state index in [-0.39, 0.29) is 22.9 Å². The standard InChI is InChI=1S/C25H20ClF5N4O3S/c26-14-8-15(25(29,30)31)23(32-10-14)37-11-21(36)35-6-4-13(5-7-35)24-33-19(12-39-24)18-9-20(38-34-18)22-16(27)2-1-3-17(22)28/h1-3,8,10,12-13,20H,4-7,9,11H2. The number of ether oxygens (including phenoxy) is 1. The van der Waals surface area contributed by atoms with Crippen LogP contribution in [0.25, 0.3) is 0 Å². The fraction of sp³-hybridized carbons (Fsp3) is 0.360. The molecule has 3 aromatic rings. The number of rotatable bonds is 6. The number of piperidine rings is 1. The van der Waals surface area contributed by atoms with Crippen molar-refractivity contribution in [2.45, 2.75) is 37.5 Å². The minimum absolute atomic E-state index is 0.0613. The first kappa shape index (κ1) is 27.3. The Labute approximate surface area is 228 Å². The molecule has 2 aromatic heterocycles. The molecule has 7 nitrogen and oxygen atoms in total. The average Bonchev–Trinajstić information content (AvgIpc) is 3.58. The van der Waals surface area contributed by atoms with Crippen molar-refractivity contribution >= 4 is 34.6 Å². The molecule has 0 spiro atoms. The van der Waals surface area contributed by atoms with Gasteiger partial charge in [0.1, 0.15) is 22.9 Å². The van der Waals surface area contributed by atoms with Gasteiger partial charge in [-0.25, -0.2) is 18.7 Å². The number of alkyl halides is 3. The second kappa shape index (κ2) is 11.0. The molecular formula is C25H20ClF5N4O3S. The lowest BCUT2D eigenvalue weighted by Gasteiger charge is -2.31. The highest BCUT2D eigenvalue weighted by molar-refractivity contribution is 7.10. The number of hydrogen-bond donors (Lipinski definition) is 0. The molecule has 39 heavy (non-hydrogen) atoms. The molecule has 0 N–H and O–H groups in total. The van der Waals surface area contributed by atoms with E-state index in [1.807, 2.05) is 0 Å². The summed E-state index contributed by atoms with van der Waals surface area (Å²) in [5.41, 5.74) is -0.265. The summed E-state index contributed by atoms with van der Waals surface area (Å²) in [5.74, 6) is -2.50. The van der Waals surface area contributed by atoms with Gasteiger partial charge in [-0.2, -0.15) is 13.2 Å². The number of thiazole rings is 1. The van der Waals surface area contributed by atoms with Crippen LogP contribution in [0, 0.1) is 11.6 Å². The minimum Gasteiger partial charge on any atom is -0.467 e. The molecule has 1 fully saturated rings. The molecule has 0 saturated carbocycles. The smallest absolute Gasteiger partial charge is 0.421 e. The molecule has 5 rings (SSSR count). The van der Waals surface area contributed by atoms with Crippen molar-refractivity contribution in [1.29, 1.82) is 0 Å². The maximum absolute atomic E-state index is 14.1. The van der Waals surface area contributed by atoms with Gasteiger partial charge in [0.25, 0.3) is 5.91 Å². The van der Waals surface area contributed by atoms with Crippen LogP contribution < -0.4 is 4.74 Å². The molecule has 2 aliphatic heterocycles. The highest BCUT2D eigenvalue weighted by Gasteiger charge is 2.36. The van der Waals surface area contributed by atoms with Crippen LogP contribution in [0.15, 0.2) is 41.0 Å². The predicted molar refractivity (Wildman–Crippen MR) is 132 cm³/mol. The Balaban J connectivity index is 1.14. The zero-order valence-corrected chi connectivity index (χ0v) is 21.6. The second-order valence-corrected chi connectivity index (χ2v) is 10.3. The van der Waals surface area contributed by atoms with E-state index in [4.69, 9.17) is 21.2 Å². The summed E-state index contributed by atoms with van der Waals surface area (Å²) in [6, 6.07) is 4.31. The van der Waals surface area contributed by atoms with Crippen LogP contribution in [0.2, 0.25) is 5.02 Å². The topological polar surface area (TPSA) is 76.9 Å². The second-order valence-electron chi connectivity index (χ2n) is 8.99. The van der Waals surface area contributed by atoms with Crippen molar-refractivity contribution in [2.75, 3.05) is 19.7 Å². The number of nitrogens with zero attached hydrogens (tertiary/aromatic N) is 4. The molecule has 14 heteroatoms. The Morgan fingerprint density at radius 1 is 1.21 bits per heavy atom. The Kier molecular flexibility index (Phi) is 7.72. The lowest BCUT2D eigenvalue weighted by molar-refractivity contribution is -0.141. The van der Waals surface area contributed by atoms with E-state index < -0.39 is 47.9 Å². The molecule has 1 amide bonds. The molecule has 0 aliphatic carbocycles. The summed E-state index contributed by atoms with van der Waals surface area (Å²) in [6.07, 6.45) is -3.22. The summed E-state index contributed by atoms with van der Waals surface area (Å²) in [6.45, 7) is 0.161. The third-order valence-corrected chi connectivity index (χ3v) is 7.67. The number of halogens is 6. The third kappa shape index (κ3) is 5.98. The Morgan fingerprint density at radius 3 is 2.62 bits per heavy atom. The van der Waals surface area contributed by atoms with Crippen LogP contribution in [0.5, 0.6) is 5.88 Å². The Morgan fingerprint density at radius 2 is 1.92 bits per heavy atom. The first-order valence-corrected chi connectivity index (χ1v) is 13.1. The quantitative estimate of drug-likeness (QED) is 0.324. The number of carbonyl (C=O) groups is 1. The van der Waals surface area contributed by atoms with Crippen LogP contribution in [0.3, 0.4) is 0 Å². The lowest BCUT2D eigenvalue weighted by Crippen LogP contribution is -2.40. The highest BCUT2D eigenvalue weighted by Crippen LogP contribution is 2.37. The molecule has 1 unspecified atom stereocenters.